The molecule has 3 aromatic rings. The topological polar surface area (TPSA) is 92.7 Å². The summed E-state index contributed by atoms with van der Waals surface area (Å²) >= 11 is 0. The largest absolute Gasteiger partial charge is 0.351 e. The van der Waals surface area contributed by atoms with E-state index < -0.39 is 0 Å². The molecule has 0 radical (unpaired) electrons. The van der Waals surface area contributed by atoms with E-state index in [9.17, 15) is 4.79 Å². The molecule has 27 heavy (non-hydrogen) atoms. The molecule has 0 saturated heterocycles. The van der Waals surface area contributed by atoms with E-state index >= 15 is 0 Å². The van der Waals surface area contributed by atoms with Gasteiger partial charge in [0.25, 0.3) is 5.91 Å². The third-order valence-electron chi connectivity index (χ3n) is 4.63. The Hall–Kier alpha value is -3.35. The fourth-order valence-corrected chi connectivity index (χ4v) is 3.28. The minimum absolute atomic E-state index is 0.0588. The van der Waals surface area contributed by atoms with Crippen LogP contribution in [0.15, 0.2) is 61.2 Å². The Kier molecular flexibility index (Phi) is 5.00. The van der Waals surface area contributed by atoms with Crippen LogP contribution in [0.1, 0.15) is 29.6 Å². The standard InChI is InChI=1S/C20H20N6O/c27-19(14-6-10-21-11-7-14)24-15-4-5-16(13-15)25-20-23-12-8-18(26-20)17-3-1-2-9-22-17/h1-3,6-12,15-16H,4-5,13H2,(H,24,27)(H,23,25,26)/t15-,16-/m0/s1. The van der Waals surface area contributed by atoms with Gasteiger partial charge in [-0.05, 0) is 49.6 Å². The first-order valence-electron chi connectivity index (χ1n) is 9.00. The Balaban J connectivity index is 1.36. The molecule has 7 heteroatoms. The molecule has 0 unspecified atom stereocenters. The highest BCUT2D eigenvalue weighted by molar-refractivity contribution is 5.94. The average Bonchev–Trinajstić information content (AvgIpc) is 3.16. The lowest BCUT2D eigenvalue weighted by Gasteiger charge is -2.15. The van der Waals surface area contributed by atoms with Gasteiger partial charge in [-0.3, -0.25) is 14.8 Å². The molecule has 1 aliphatic carbocycles. The normalized spacial score (nSPS) is 18.8. The van der Waals surface area contributed by atoms with Crippen LogP contribution in [-0.4, -0.2) is 37.9 Å². The SMILES string of the molecule is O=C(N[C@H]1CC[C@H](Nc2nccc(-c3ccccn3)n2)C1)c1ccncc1. The van der Waals surface area contributed by atoms with Gasteiger partial charge in [0, 0.05) is 42.4 Å². The van der Waals surface area contributed by atoms with Gasteiger partial charge in [-0.1, -0.05) is 6.07 Å². The fourth-order valence-electron chi connectivity index (χ4n) is 3.28. The molecule has 0 spiro atoms. The molecule has 4 rings (SSSR count). The maximum Gasteiger partial charge on any atom is 0.251 e. The maximum absolute atomic E-state index is 12.3. The van der Waals surface area contributed by atoms with Crippen molar-refractivity contribution in [3.8, 4) is 11.4 Å². The Labute approximate surface area is 157 Å². The molecule has 1 amide bonds. The molecule has 3 aromatic heterocycles. The highest BCUT2D eigenvalue weighted by Crippen LogP contribution is 2.23. The van der Waals surface area contributed by atoms with E-state index in [-0.39, 0.29) is 18.0 Å². The highest BCUT2D eigenvalue weighted by Gasteiger charge is 2.26. The highest BCUT2D eigenvalue weighted by atomic mass is 16.1. The summed E-state index contributed by atoms with van der Waals surface area (Å²) in [7, 11) is 0. The molecule has 1 aliphatic rings. The number of pyridine rings is 2. The summed E-state index contributed by atoms with van der Waals surface area (Å²) in [4.78, 5) is 29.4. The summed E-state index contributed by atoms with van der Waals surface area (Å²) in [6.45, 7) is 0. The number of amides is 1. The van der Waals surface area contributed by atoms with Gasteiger partial charge >= 0.3 is 0 Å². The van der Waals surface area contributed by atoms with Crippen molar-refractivity contribution in [2.75, 3.05) is 5.32 Å². The van der Waals surface area contributed by atoms with Gasteiger partial charge in [0.05, 0.1) is 11.4 Å². The lowest BCUT2D eigenvalue weighted by atomic mass is 10.2. The van der Waals surface area contributed by atoms with Crippen LogP contribution in [0.2, 0.25) is 0 Å². The molecule has 2 N–H and O–H groups in total. The third-order valence-corrected chi connectivity index (χ3v) is 4.63. The number of carbonyl (C=O) groups excluding carboxylic acids is 1. The average molecular weight is 360 g/mol. The monoisotopic (exact) mass is 360 g/mol. The fraction of sp³-hybridized carbons (Fsp3) is 0.250. The van der Waals surface area contributed by atoms with E-state index in [1.165, 1.54) is 0 Å². The zero-order valence-corrected chi connectivity index (χ0v) is 14.7. The van der Waals surface area contributed by atoms with Gasteiger partial charge in [0.15, 0.2) is 0 Å². The van der Waals surface area contributed by atoms with Crippen molar-refractivity contribution in [3.05, 3.63) is 66.7 Å². The van der Waals surface area contributed by atoms with Gasteiger partial charge in [-0.15, -0.1) is 0 Å². The Bertz CT molecular complexity index is 903. The van der Waals surface area contributed by atoms with E-state index in [4.69, 9.17) is 0 Å². The molecular formula is C20H20N6O. The van der Waals surface area contributed by atoms with Gasteiger partial charge in [-0.25, -0.2) is 9.97 Å². The third kappa shape index (κ3) is 4.25. The van der Waals surface area contributed by atoms with Crippen molar-refractivity contribution in [1.82, 2.24) is 25.3 Å². The Morgan fingerprint density at radius 2 is 1.74 bits per heavy atom. The molecule has 0 bridgehead atoms. The molecule has 136 valence electrons. The molecule has 3 heterocycles. The molecule has 0 aliphatic heterocycles. The second kappa shape index (κ2) is 7.90. The summed E-state index contributed by atoms with van der Waals surface area (Å²) in [5, 5.41) is 6.47. The first-order valence-corrected chi connectivity index (χ1v) is 9.00. The summed E-state index contributed by atoms with van der Waals surface area (Å²) < 4.78 is 0. The Morgan fingerprint density at radius 1 is 0.889 bits per heavy atom. The first-order chi connectivity index (χ1) is 13.3. The van der Waals surface area contributed by atoms with Crippen LogP contribution in [-0.2, 0) is 0 Å². The summed E-state index contributed by atoms with van der Waals surface area (Å²) in [6, 6.07) is 11.4. The van der Waals surface area contributed by atoms with E-state index in [0.29, 0.717) is 11.5 Å². The summed E-state index contributed by atoms with van der Waals surface area (Å²) in [6.07, 6.45) is 9.45. The number of hydrogen-bond donors (Lipinski definition) is 2. The van der Waals surface area contributed by atoms with Crippen LogP contribution in [0.5, 0.6) is 0 Å². The van der Waals surface area contributed by atoms with Crippen molar-refractivity contribution in [1.29, 1.82) is 0 Å². The summed E-state index contributed by atoms with van der Waals surface area (Å²) in [5.41, 5.74) is 2.23. The van der Waals surface area contributed by atoms with Crippen LogP contribution < -0.4 is 10.6 Å². The number of nitrogens with zero attached hydrogens (tertiary/aromatic N) is 4. The molecule has 1 saturated carbocycles. The lowest BCUT2D eigenvalue weighted by Crippen LogP contribution is -2.34. The van der Waals surface area contributed by atoms with Crippen molar-refractivity contribution in [3.63, 3.8) is 0 Å². The van der Waals surface area contributed by atoms with Gasteiger partial charge < -0.3 is 10.6 Å². The van der Waals surface area contributed by atoms with Crippen molar-refractivity contribution in [2.45, 2.75) is 31.3 Å². The molecule has 7 nitrogen and oxygen atoms in total. The van der Waals surface area contributed by atoms with Crippen LogP contribution in [0.3, 0.4) is 0 Å². The minimum atomic E-state index is -0.0588. The Morgan fingerprint density at radius 3 is 2.56 bits per heavy atom. The smallest absolute Gasteiger partial charge is 0.251 e. The number of rotatable bonds is 5. The van der Waals surface area contributed by atoms with Gasteiger partial charge in [-0.2, -0.15) is 0 Å². The van der Waals surface area contributed by atoms with E-state index in [1.54, 1.807) is 36.9 Å². The number of hydrogen-bond acceptors (Lipinski definition) is 6. The number of anilines is 1. The van der Waals surface area contributed by atoms with Crippen LogP contribution in [0.4, 0.5) is 5.95 Å². The minimum Gasteiger partial charge on any atom is -0.351 e. The number of carbonyl (C=O) groups is 1. The molecule has 2 atom stereocenters. The van der Waals surface area contributed by atoms with E-state index in [2.05, 4.69) is 30.6 Å². The number of aromatic nitrogens is 4. The van der Waals surface area contributed by atoms with Crippen molar-refractivity contribution >= 4 is 11.9 Å². The zero-order chi connectivity index (χ0) is 18.5. The van der Waals surface area contributed by atoms with Crippen molar-refractivity contribution < 1.29 is 4.79 Å². The van der Waals surface area contributed by atoms with E-state index in [1.807, 2.05) is 24.3 Å². The van der Waals surface area contributed by atoms with Gasteiger partial charge in [0.2, 0.25) is 5.95 Å². The second-order valence-corrected chi connectivity index (χ2v) is 6.54. The van der Waals surface area contributed by atoms with Crippen molar-refractivity contribution in [2.24, 2.45) is 0 Å². The molecule has 1 fully saturated rings. The zero-order valence-electron chi connectivity index (χ0n) is 14.7. The lowest BCUT2D eigenvalue weighted by molar-refractivity contribution is 0.0937. The quantitative estimate of drug-likeness (QED) is 0.727. The first kappa shape index (κ1) is 17.1. The summed E-state index contributed by atoms with van der Waals surface area (Å²) in [5.74, 6) is 0.528. The van der Waals surface area contributed by atoms with Gasteiger partial charge in [0.1, 0.15) is 0 Å². The maximum atomic E-state index is 12.3. The van der Waals surface area contributed by atoms with Crippen LogP contribution >= 0.6 is 0 Å². The van der Waals surface area contributed by atoms with E-state index in [0.717, 1.165) is 30.7 Å². The second-order valence-electron chi connectivity index (χ2n) is 6.54. The van der Waals surface area contributed by atoms with Crippen LogP contribution in [0, 0.1) is 0 Å². The predicted octanol–water partition coefficient (Wildman–Crippen LogP) is 2.70. The number of nitrogens with one attached hydrogen (secondary N) is 2. The van der Waals surface area contributed by atoms with Crippen LogP contribution in [0.25, 0.3) is 11.4 Å². The predicted molar refractivity (Wildman–Crippen MR) is 102 cm³/mol. The molecular weight excluding hydrogens is 340 g/mol. The molecule has 0 aromatic carbocycles.